The molecular formula is C21H38NNaO3. The Morgan fingerprint density at radius 3 is 1.69 bits per heavy atom. The van der Waals surface area contributed by atoms with Crippen molar-refractivity contribution in [3.63, 3.8) is 0 Å². The van der Waals surface area contributed by atoms with Crippen molar-refractivity contribution >= 4 is 11.9 Å². The SMILES string of the molecule is CCCCCCCCCCCCCCCCN1CC(C(=O)[O-])CC1=O.[Na+]. The summed E-state index contributed by atoms with van der Waals surface area (Å²) in [6, 6.07) is 0. The van der Waals surface area contributed by atoms with Gasteiger partial charge in [0.05, 0.1) is 0 Å². The smallest absolute Gasteiger partial charge is 0.550 e. The maximum absolute atomic E-state index is 11.7. The number of likely N-dealkylation sites (tertiary alicyclic amines) is 1. The van der Waals surface area contributed by atoms with Crippen LogP contribution in [0.2, 0.25) is 0 Å². The summed E-state index contributed by atoms with van der Waals surface area (Å²) in [7, 11) is 0. The average molecular weight is 376 g/mol. The summed E-state index contributed by atoms with van der Waals surface area (Å²) in [5, 5.41) is 10.8. The van der Waals surface area contributed by atoms with Crippen LogP contribution in [-0.4, -0.2) is 29.9 Å². The van der Waals surface area contributed by atoms with Crippen molar-refractivity contribution in [3.8, 4) is 0 Å². The second-order valence-corrected chi connectivity index (χ2v) is 7.66. The number of carbonyl (C=O) groups is 2. The number of nitrogens with zero attached hydrogens (tertiary/aromatic N) is 1. The molecule has 1 saturated heterocycles. The standard InChI is InChI=1S/C21H39NO3.Na/c1-2-3-4-5-6-7-8-9-10-11-12-13-14-15-16-22-18-19(21(24)25)17-20(22)23;/h19H,2-18H2,1H3,(H,24,25);/q;+1/p-1. The second kappa shape index (κ2) is 17.1. The molecule has 1 amide bonds. The van der Waals surface area contributed by atoms with E-state index in [1.807, 2.05) is 0 Å². The Balaban J connectivity index is 0.00000625. The summed E-state index contributed by atoms with van der Waals surface area (Å²) in [6.45, 7) is 3.32. The minimum Gasteiger partial charge on any atom is -0.550 e. The van der Waals surface area contributed by atoms with E-state index < -0.39 is 11.9 Å². The third-order valence-electron chi connectivity index (χ3n) is 5.33. The van der Waals surface area contributed by atoms with Crippen molar-refractivity contribution in [2.75, 3.05) is 13.1 Å². The van der Waals surface area contributed by atoms with Crippen LogP contribution in [0, 0.1) is 5.92 Å². The van der Waals surface area contributed by atoms with E-state index in [9.17, 15) is 14.7 Å². The second-order valence-electron chi connectivity index (χ2n) is 7.66. The van der Waals surface area contributed by atoms with Gasteiger partial charge in [-0.25, -0.2) is 0 Å². The fourth-order valence-corrected chi connectivity index (χ4v) is 3.64. The van der Waals surface area contributed by atoms with Crippen LogP contribution in [0.25, 0.3) is 0 Å². The maximum atomic E-state index is 11.7. The van der Waals surface area contributed by atoms with Crippen molar-refractivity contribution in [3.05, 3.63) is 0 Å². The van der Waals surface area contributed by atoms with Gasteiger partial charge in [-0.15, -0.1) is 0 Å². The fraction of sp³-hybridized carbons (Fsp3) is 0.905. The number of unbranched alkanes of at least 4 members (excludes halogenated alkanes) is 13. The van der Waals surface area contributed by atoms with Crippen LogP contribution in [0.1, 0.15) is 103 Å². The zero-order chi connectivity index (χ0) is 18.3. The monoisotopic (exact) mass is 375 g/mol. The van der Waals surface area contributed by atoms with Crippen molar-refractivity contribution < 1.29 is 44.3 Å². The Hall–Kier alpha value is -0.0600. The number of amides is 1. The van der Waals surface area contributed by atoms with Gasteiger partial charge in [0.15, 0.2) is 0 Å². The van der Waals surface area contributed by atoms with Gasteiger partial charge in [-0.2, -0.15) is 0 Å². The topological polar surface area (TPSA) is 60.4 Å². The van der Waals surface area contributed by atoms with Gasteiger partial charge in [-0.3, -0.25) is 4.79 Å². The summed E-state index contributed by atoms with van der Waals surface area (Å²) in [4.78, 5) is 24.2. The molecule has 1 rings (SSSR count). The van der Waals surface area contributed by atoms with Gasteiger partial charge in [0, 0.05) is 31.4 Å². The molecule has 0 aromatic heterocycles. The first-order chi connectivity index (χ1) is 12.1. The van der Waals surface area contributed by atoms with Gasteiger partial charge in [-0.05, 0) is 6.42 Å². The van der Waals surface area contributed by atoms with Crippen molar-refractivity contribution in [2.45, 2.75) is 103 Å². The first-order valence-electron chi connectivity index (χ1n) is 10.6. The molecule has 1 unspecified atom stereocenters. The van der Waals surface area contributed by atoms with Crippen molar-refractivity contribution in [1.29, 1.82) is 0 Å². The van der Waals surface area contributed by atoms with Crippen LogP contribution in [-0.2, 0) is 9.59 Å². The molecule has 4 nitrogen and oxygen atoms in total. The Morgan fingerprint density at radius 2 is 1.31 bits per heavy atom. The molecule has 26 heavy (non-hydrogen) atoms. The Labute approximate surface area is 182 Å². The third-order valence-corrected chi connectivity index (χ3v) is 5.33. The molecule has 1 heterocycles. The van der Waals surface area contributed by atoms with E-state index in [-0.39, 0.29) is 41.9 Å². The van der Waals surface area contributed by atoms with E-state index in [2.05, 4.69) is 6.92 Å². The number of hydrogen-bond acceptors (Lipinski definition) is 3. The molecule has 1 aliphatic rings. The molecule has 0 radical (unpaired) electrons. The number of carboxylic acids is 1. The number of aliphatic carboxylic acids is 1. The van der Waals surface area contributed by atoms with E-state index in [0.29, 0.717) is 13.1 Å². The quantitative estimate of drug-likeness (QED) is 0.299. The molecule has 0 N–H and O–H groups in total. The zero-order valence-corrected chi connectivity index (χ0v) is 19.3. The number of hydrogen-bond donors (Lipinski definition) is 0. The predicted molar refractivity (Wildman–Crippen MR) is 100 cm³/mol. The van der Waals surface area contributed by atoms with E-state index in [1.54, 1.807) is 4.90 Å². The van der Waals surface area contributed by atoms with Crippen LogP contribution in [0.5, 0.6) is 0 Å². The van der Waals surface area contributed by atoms with E-state index >= 15 is 0 Å². The van der Waals surface area contributed by atoms with E-state index in [0.717, 1.165) is 12.8 Å². The summed E-state index contributed by atoms with van der Waals surface area (Å²) >= 11 is 0. The molecular weight excluding hydrogens is 337 g/mol. The summed E-state index contributed by atoms with van der Waals surface area (Å²) in [5.74, 6) is -1.71. The van der Waals surface area contributed by atoms with Crippen LogP contribution in [0.4, 0.5) is 0 Å². The Bertz CT molecular complexity index is 376. The molecule has 1 atom stereocenters. The van der Waals surface area contributed by atoms with Gasteiger partial charge in [-0.1, -0.05) is 90.4 Å². The third kappa shape index (κ3) is 12.3. The van der Waals surface area contributed by atoms with E-state index in [1.165, 1.54) is 77.0 Å². The molecule has 1 fully saturated rings. The first kappa shape index (κ1) is 25.9. The molecule has 0 aromatic carbocycles. The minimum atomic E-state index is -1.09. The summed E-state index contributed by atoms with van der Waals surface area (Å²) in [6.07, 6.45) is 18.6. The largest absolute Gasteiger partial charge is 1.00 e. The van der Waals surface area contributed by atoms with Crippen LogP contribution in [0.3, 0.4) is 0 Å². The van der Waals surface area contributed by atoms with E-state index in [4.69, 9.17) is 0 Å². The first-order valence-corrected chi connectivity index (χ1v) is 10.6. The number of carboxylic acid groups (broad SMARTS) is 1. The average Bonchev–Trinajstić information content (AvgIpc) is 2.96. The number of rotatable bonds is 16. The molecule has 146 valence electrons. The minimum absolute atomic E-state index is 0. The van der Waals surface area contributed by atoms with Crippen molar-refractivity contribution in [2.24, 2.45) is 5.92 Å². The van der Waals surface area contributed by atoms with Gasteiger partial charge in [0.1, 0.15) is 0 Å². The normalized spacial score (nSPS) is 16.7. The molecule has 0 aromatic rings. The van der Waals surface area contributed by atoms with Gasteiger partial charge >= 0.3 is 29.6 Å². The summed E-state index contributed by atoms with van der Waals surface area (Å²) < 4.78 is 0. The summed E-state index contributed by atoms with van der Waals surface area (Å²) in [5.41, 5.74) is 0. The molecule has 0 saturated carbocycles. The van der Waals surface area contributed by atoms with Crippen LogP contribution < -0.4 is 34.7 Å². The van der Waals surface area contributed by atoms with Crippen molar-refractivity contribution in [1.82, 2.24) is 4.90 Å². The maximum Gasteiger partial charge on any atom is 1.00 e. The molecule has 0 bridgehead atoms. The number of carbonyl (C=O) groups excluding carboxylic acids is 2. The van der Waals surface area contributed by atoms with Gasteiger partial charge < -0.3 is 14.8 Å². The Kier molecular flexibility index (Phi) is 17.0. The molecule has 1 aliphatic heterocycles. The van der Waals surface area contributed by atoms with Crippen LogP contribution in [0.15, 0.2) is 0 Å². The fourth-order valence-electron chi connectivity index (χ4n) is 3.64. The molecule has 0 spiro atoms. The molecule has 5 heteroatoms. The Morgan fingerprint density at radius 1 is 0.885 bits per heavy atom. The van der Waals surface area contributed by atoms with Crippen LogP contribution >= 0.6 is 0 Å². The molecule has 0 aliphatic carbocycles. The zero-order valence-electron chi connectivity index (χ0n) is 17.3. The van der Waals surface area contributed by atoms with Gasteiger partial charge in [0.2, 0.25) is 5.91 Å². The van der Waals surface area contributed by atoms with Gasteiger partial charge in [0.25, 0.3) is 0 Å². The predicted octanol–water partition coefficient (Wildman–Crippen LogP) is 1.07.